The molecule has 112 valence electrons. The van der Waals surface area contributed by atoms with Gasteiger partial charge in [-0.3, -0.25) is 0 Å². The van der Waals surface area contributed by atoms with Crippen LogP contribution in [0, 0.1) is 6.92 Å². The SMILES string of the molecule is CCN(Cc1ccco1)c1ccc(CNC2CC2)c(C)c1. The highest BCUT2D eigenvalue weighted by molar-refractivity contribution is 5.51. The van der Waals surface area contributed by atoms with E-state index < -0.39 is 0 Å². The van der Waals surface area contributed by atoms with E-state index >= 15 is 0 Å². The molecular formula is C18H24N2O. The second kappa shape index (κ2) is 6.35. The summed E-state index contributed by atoms with van der Waals surface area (Å²) in [4.78, 5) is 2.34. The van der Waals surface area contributed by atoms with E-state index in [2.05, 4.69) is 42.3 Å². The molecular weight excluding hydrogens is 260 g/mol. The van der Waals surface area contributed by atoms with Crippen LogP contribution in [-0.2, 0) is 13.1 Å². The highest BCUT2D eigenvalue weighted by Crippen LogP contribution is 2.23. The molecule has 1 fully saturated rings. The maximum absolute atomic E-state index is 5.46. The zero-order chi connectivity index (χ0) is 14.7. The topological polar surface area (TPSA) is 28.4 Å². The summed E-state index contributed by atoms with van der Waals surface area (Å²) in [5.41, 5.74) is 4.03. The maximum Gasteiger partial charge on any atom is 0.123 e. The van der Waals surface area contributed by atoms with Crippen LogP contribution in [0.3, 0.4) is 0 Å². The Hall–Kier alpha value is -1.74. The van der Waals surface area contributed by atoms with Crippen molar-refractivity contribution in [2.24, 2.45) is 0 Å². The van der Waals surface area contributed by atoms with Gasteiger partial charge in [-0.15, -0.1) is 0 Å². The van der Waals surface area contributed by atoms with Gasteiger partial charge in [0.1, 0.15) is 5.76 Å². The smallest absolute Gasteiger partial charge is 0.123 e. The van der Waals surface area contributed by atoms with E-state index in [-0.39, 0.29) is 0 Å². The Morgan fingerprint density at radius 2 is 2.14 bits per heavy atom. The van der Waals surface area contributed by atoms with Crippen LogP contribution in [0.25, 0.3) is 0 Å². The van der Waals surface area contributed by atoms with Gasteiger partial charge in [-0.1, -0.05) is 6.07 Å². The molecule has 3 heteroatoms. The number of benzene rings is 1. The van der Waals surface area contributed by atoms with Gasteiger partial charge < -0.3 is 14.6 Å². The minimum absolute atomic E-state index is 0.759. The Morgan fingerprint density at radius 1 is 1.29 bits per heavy atom. The van der Waals surface area contributed by atoms with E-state index in [1.807, 2.05) is 12.1 Å². The monoisotopic (exact) mass is 284 g/mol. The molecule has 1 saturated carbocycles. The lowest BCUT2D eigenvalue weighted by molar-refractivity contribution is 0.503. The normalized spacial score (nSPS) is 14.4. The maximum atomic E-state index is 5.46. The lowest BCUT2D eigenvalue weighted by atomic mass is 10.1. The molecule has 1 aromatic heterocycles. The molecule has 21 heavy (non-hydrogen) atoms. The third-order valence-corrected chi connectivity index (χ3v) is 4.16. The van der Waals surface area contributed by atoms with Crippen molar-refractivity contribution >= 4 is 5.69 Å². The number of hydrogen-bond donors (Lipinski definition) is 1. The van der Waals surface area contributed by atoms with E-state index in [9.17, 15) is 0 Å². The first-order chi connectivity index (χ1) is 10.3. The van der Waals surface area contributed by atoms with Crippen molar-refractivity contribution in [3.05, 3.63) is 53.5 Å². The van der Waals surface area contributed by atoms with Crippen molar-refractivity contribution in [1.82, 2.24) is 5.32 Å². The Balaban J connectivity index is 1.69. The van der Waals surface area contributed by atoms with Crippen LogP contribution in [0.15, 0.2) is 41.0 Å². The van der Waals surface area contributed by atoms with Crippen LogP contribution >= 0.6 is 0 Å². The highest BCUT2D eigenvalue weighted by Gasteiger charge is 2.20. The minimum Gasteiger partial charge on any atom is -0.467 e. The third-order valence-electron chi connectivity index (χ3n) is 4.16. The van der Waals surface area contributed by atoms with Crippen LogP contribution in [0.1, 0.15) is 36.7 Å². The number of aryl methyl sites for hydroxylation is 1. The number of hydrogen-bond acceptors (Lipinski definition) is 3. The Labute approximate surface area is 127 Å². The fourth-order valence-electron chi connectivity index (χ4n) is 2.59. The molecule has 0 amide bonds. The summed E-state index contributed by atoms with van der Waals surface area (Å²) in [5, 5.41) is 3.58. The Bertz CT molecular complexity index is 573. The molecule has 1 N–H and O–H groups in total. The van der Waals surface area contributed by atoms with Gasteiger partial charge in [0.2, 0.25) is 0 Å². The predicted octanol–water partition coefficient (Wildman–Crippen LogP) is 3.87. The summed E-state index contributed by atoms with van der Waals surface area (Å²) in [5.74, 6) is 1.01. The van der Waals surface area contributed by atoms with Gasteiger partial charge in [0.05, 0.1) is 12.8 Å². The summed E-state index contributed by atoms with van der Waals surface area (Å²) in [6.07, 6.45) is 4.41. The van der Waals surface area contributed by atoms with Crippen molar-refractivity contribution in [2.75, 3.05) is 11.4 Å². The standard InChI is InChI=1S/C18H24N2O/c1-3-20(13-18-5-4-10-21-18)17-9-6-15(14(2)11-17)12-19-16-7-8-16/h4-6,9-11,16,19H,3,7-8,12-13H2,1-2H3. The van der Waals surface area contributed by atoms with Crippen LogP contribution in [0.4, 0.5) is 5.69 Å². The first-order valence-corrected chi connectivity index (χ1v) is 7.86. The van der Waals surface area contributed by atoms with E-state index in [4.69, 9.17) is 4.42 Å². The van der Waals surface area contributed by atoms with E-state index in [0.29, 0.717) is 0 Å². The largest absolute Gasteiger partial charge is 0.467 e. The van der Waals surface area contributed by atoms with Crippen molar-refractivity contribution in [3.8, 4) is 0 Å². The zero-order valence-electron chi connectivity index (χ0n) is 12.9. The molecule has 0 radical (unpaired) electrons. The molecule has 1 aliphatic rings. The Morgan fingerprint density at radius 3 is 2.76 bits per heavy atom. The molecule has 1 aromatic carbocycles. The van der Waals surface area contributed by atoms with Gasteiger partial charge in [-0.05, 0) is 62.1 Å². The molecule has 2 aromatic rings. The second-order valence-corrected chi connectivity index (χ2v) is 5.86. The third kappa shape index (κ3) is 3.67. The van der Waals surface area contributed by atoms with Crippen molar-refractivity contribution in [2.45, 2.75) is 45.8 Å². The molecule has 0 spiro atoms. The van der Waals surface area contributed by atoms with Crippen molar-refractivity contribution in [1.29, 1.82) is 0 Å². The number of rotatable bonds is 7. The summed E-state index contributed by atoms with van der Waals surface area (Å²) in [7, 11) is 0. The average Bonchev–Trinajstić information content (AvgIpc) is 3.18. The first kappa shape index (κ1) is 14.2. The molecule has 0 atom stereocenters. The van der Waals surface area contributed by atoms with E-state index in [1.165, 1.54) is 29.7 Å². The van der Waals surface area contributed by atoms with Crippen LogP contribution in [0.2, 0.25) is 0 Å². The Kier molecular flexibility index (Phi) is 4.30. The fraction of sp³-hybridized carbons (Fsp3) is 0.444. The van der Waals surface area contributed by atoms with Gasteiger partial charge in [0, 0.05) is 24.8 Å². The van der Waals surface area contributed by atoms with E-state index in [1.54, 1.807) is 6.26 Å². The van der Waals surface area contributed by atoms with Gasteiger partial charge in [0.15, 0.2) is 0 Å². The number of anilines is 1. The van der Waals surface area contributed by atoms with Crippen LogP contribution < -0.4 is 10.2 Å². The molecule has 1 aliphatic carbocycles. The average molecular weight is 284 g/mol. The van der Waals surface area contributed by atoms with Crippen LogP contribution in [-0.4, -0.2) is 12.6 Å². The predicted molar refractivity (Wildman–Crippen MR) is 86.5 cm³/mol. The second-order valence-electron chi connectivity index (χ2n) is 5.86. The molecule has 0 unspecified atom stereocenters. The van der Waals surface area contributed by atoms with Gasteiger partial charge in [0.25, 0.3) is 0 Å². The lowest BCUT2D eigenvalue weighted by Gasteiger charge is -2.23. The van der Waals surface area contributed by atoms with Gasteiger partial charge >= 0.3 is 0 Å². The van der Waals surface area contributed by atoms with Gasteiger partial charge in [-0.25, -0.2) is 0 Å². The quantitative estimate of drug-likeness (QED) is 0.836. The van der Waals surface area contributed by atoms with Gasteiger partial charge in [-0.2, -0.15) is 0 Å². The highest BCUT2D eigenvalue weighted by atomic mass is 16.3. The fourth-order valence-corrected chi connectivity index (χ4v) is 2.59. The molecule has 1 heterocycles. The number of nitrogens with one attached hydrogen (secondary N) is 1. The summed E-state index contributed by atoms with van der Waals surface area (Å²) >= 11 is 0. The van der Waals surface area contributed by atoms with Crippen molar-refractivity contribution < 1.29 is 4.42 Å². The number of furan rings is 1. The van der Waals surface area contributed by atoms with Crippen molar-refractivity contribution in [3.63, 3.8) is 0 Å². The summed E-state index contributed by atoms with van der Waals surface area (Å²) in [6.45, 7) is 7.17. The molecule has 0 saturated heterocycles. The number of nitrogens with zero attached hydrogens (tertiary/aromatic N) is 1. The molecule has 0 bridgehead atoms. The van der Waals surface area contributed by atoms with E-state index in [0.717, 1.165) is 31.4 Å². The first-order valence-electron chi connectivity index (χ1n) is 7.86. The molecule has 3 rings (SSSR count). The summed E-state index contributed by atoms with van der Waals surface area (Å²) < 4.78 is 5.46. The summed E-state index contributed by atoms with van der Waals surface area (Å²) in [6, 6.07) is 11.5. The minimum atomic E-state index is 0.759. The van der Waals surface area contributed by atoms with Crippen LogP contribution in [0.5, 0.6) is 0 Å². The lowest BCUT2D eigenvalue weighted by Crippen LogP contribution is -2.22. The molecule has 0 aliphatic heterocycles. The zero-order valence-corrected chi connectivity index (χ0v) is 12.9. The molecule has 3 nitrogen and oxygen atoms in total.